The smallest absolute Gasteiger partial charge is 0.289 e. The first-order valence-corrected chi connectivity index (χ1v) is 18.3. The Morgan fingerprint density at radius 2 is 1.78 bits per heavy atom. The van der Waals surface area contributed by atoms with Crippen LogP contribution in [0.1, 0.15) is 109 Å². The second-order valence-electron chi connectivity index (χ2n) is 15.5. The maximum absolute atomic E-state index is 14.6. The van der Waals surface area contributed by atoms with E-state index in [1.165, 1.54) is 11.3 Å². The Morgan fingerprint density at radius 1 is 1.06 bits per heavy atom. The Labute approximate surface area is 294 Å². The summed E-state index contributed by atoms with van der Waals surface area (Å²) in [5, 5.41) is 9.20. The molecule has 1 spiro atoms. The van der Waals surface area contributed by atoms with Gasteiger partial charge in [-0.15, -0.1) is 0 Å². The van der Waals surface area contributed by atoms with E-state index in [-0.39, 0.29) is 31.3 Å². The third-order valence-corrected chi connectivity index (χ3v) is 10.6. The number of likely N-dealkylation sites (tertiary alicyclic amines) is 1. The first kappa shape index (κ1) is 36.8. The van der Waals surface area contributed by atoms with E-state index >= 15 is 0 Å². The normalized spacial score (nSPS) is 23.8. The molecule has 268 valence electrons. The molecule has 2 aliphatic heterocycles. The van der Waals surface area contributed by atoms with Crippen molar-refractivity contribution in [2.45, 2.75) is 135 Å². The summed E-state index contributed by atoms with van der Waals surface area (Å²) >= 11 is 6.27. The van der Waals surface area contributed by atoms with E-state index in [0.29, 0.717) is 29.5 Å². The quantitative estimate of drug-likeness (QED) is 0.236. The molecule has 4 N–H and O–H groups in total. The number of nitrogens with one attached hydrogen (secondary N) is 4. The topological polar surface area (TPSA) is 146 Å². The van der Waals surface area contributed by atoms with Crippen molar-refractivity contribution in [3.05, 3.63) is 40.4 Å². The van der Waals surface area contributed by atoms with Gasteiger partial charge in [0.1, 0.15) is 17.7 Å². The summed E-state index contributed by atoms with van der Waals surface area (Å²) in [6.45, 7) is 9.48. The molecule has 11 nitrogen and oxygen atoms in total. The average molecular weight is 698 g/mol. The molecule has 2 aliphatic carbocycles. The molecule has 1 saturated heterocycles. The van der Waals surface area contributed by atoms with Gasteiger partial charge in [-0.2, -0.15) is 0 Å². The number of hydroxylamine groups is 1. The molecule has 0 unspecified atom stereocenters. The monoisotopic (exact) mass is 697 g/mol. The number of aryl methyl sites for hydroxylation is 1. The first-order chi connectivity index (χ1) is 23.2. The van der Waals surface area contributed by atoms with Crippen LogP contribution in [0, 0.1) is 18.3 Å². The summed E-state index contributed by atoms with van der Waals surface area (Å²) in [5.41, 5.74) is 3.66. The third kappa shape index (κ3) is 9.03. The van der Waals surface area contributed by atoms with Crippen LogP contribution in [0.4, 0.5) is 0 Å². The molecule has 4 amide bonds. The summed E-state index contributed by atoms with van der Waals surface area (Å²) in [4.78, 5) is 75.6. The highest BCUT2D eigenvalue weighted by Crippen LogP contribution is 2.39. The molecular weight excluding hydrogens is 646 g/mol. The Balaban J connectivity index is 1.41. The van der Waals surface area contributed by atoms with Crippen LogP contribution in [0.15, 0.2) is 24.3 Å². The second kappa shape index (κ2) is 15.2. The zero-order valence-corrected chi connectivity index (χ0v) is 30.2. The number of Topliss-reactive ketones (excluding diaryl/α,β-unsaturated/α-hetero) is 1. The van der Waals surface area contributed by atoms with Gasteiger partial charge in [-0.05, 0) is 74.1 Å². The fourth-order valence-corrected chi connectivity index (χ4v) is 7.25. The molecule has 2 saturated carbocycles. The van der Waals surface area contributed by atoms with Crippen molar-refractivity contribution in [3.63, 3.8) is 0 Å². The minimum absolute atomic E-state index is 0.00249. The summed E-state index contributed by atoms with van der Waals surface area (Å²) in [7, 11) is 0. The lowest BCUT2D eigenvalue weighted by molar-refractivity contribution is -0.145. The van der Waals surface area contributed by atoms with Gasteiger partial charge in [-0.1, -0.05) is 71.0 Å². The van der Waals surface area contributed by atoms with Crippen molar-refractivity contribution in [2.24, 2.45) is 11.3 Å². The molecule has 12 heteroatoms. The zero-order valence-electron chi connectivity index (χ0n) is 29.5. The number of halogens is 1. The van der Waals surface area contributed by atoms with Gasteiger partial charge in [0.25, 0.3) is 5.91 Å². The largest absolute Gasteiger partial charge is 0.347 e. The van der Waals surface area contributed by atoms with Crippen LogP contribution in [0.3, 0.4) is 0 Å². The summed E-state index contributed by atoms with van der Waals surface area (Å²) in [5.74, 6) is -2.25. The number of benzene rings is 1. The lowest BCUT2D eigenvalue weighted by atomic mass is 9.84. The fraction of sp³-hybridized carbons (Fsp3) is 0.649. The molecule has 5 rings (SSSR count). The Kier molecular flexibility index (Phi) is 11.4. The fourth-order valence-electron chi connectivity index (χ4n) is 7.13. The Hall–Kier alpha value is -3.44. The van der Waals surface area contributed by atoms with Crippen molar-refractivity contribution in [3.8, 4) is 0 Å². The van der Waals surface area contributed by atoms with E-state index in [1.54, 1.807) is 6.07 Å². The summed E-state index contributed by atoms with van der Waals surface area (Å²) < 4.78 is 0. The molecule has 4 atom stereocenters. The molecule has 4 aliphatic rings. The van der Waals surface area contributed by atoms with Crippen LogP contribution in [-0.4, -0.2) is 70.6 Å². The highest BCUT2D eigenvalue weighted by molar-refractivity contribution is 6.38. The minimum Gasteiger partial charge on any atom is -0.347 e. The van der Waals surface area contributed by atoms with Crippen molar-refractivity contribution < 1.29 is 28.8 Å². The van der Waals surface area contributed by atoms with Gasteiger partial charge in [0.15, 0.2) is 0 Å². The average Bonchev–Trinajstić information content (AvgIpc) is 3.65. The first-order valence-electron chi connectivity index (χ1n) is 17.9. The molecule has 49 heavy (non-hydrogen) atoms. The molecule has 0 aromatic heterocycles. The zero-order chi connectivity index (χ0) is 35.5. The van der Waals surface area contributed by atoms with Gasteiger partial charge in [-0.3, -0.25) is 34.3 Å². The number of carbonyl (C=O) groups is 5. The molecule has 3 fully saturated rings. The van der Waals surface area contributed by atoms with Crippen molar-refractivity contribution in [2.75, 3.05) is 6.54 Å². The van der Waals surface area contributed by atoms with Crippen LogP contribution in [-0.2, 0) is 28.8 Å². The standard InChI is InChI=1S/C37H52ClN5O6/c1-6-10-27(31(45)34(47)39-25-14-15-25)40-33(46)29-20-37(19-28(42-49-37)24-13-16-26(38)22(2)17-24)21-43(29)35(48)32(36(3,4)5)41-30(44)18-23-11-8-7-9-12-23/h13,16-17,19,23,25,27,29,32,42H,6-12,14-15,18,20-21H2,1-5H3,(H,39,47)(H,40,46)(H,41,44)/t27-,29-,32+,37+/m0/s1. The molecule has 1 aromatic carbocycles. The lowest BCUT2D eigenvalue weighted by Gasteiger charge is -2.36. The Bertz CT molecular complexity index is 1480. The van der Waals surface area contributed by atoms with E-state index in [0.717, 1.165) is 49.7 Å². The number of hydrogen-bond acceptors (Lipinski definition) is 7. The molecule has 1 aromatic rings. The van der Waals surface area contributed by atoms with Gasteiger partial charge < -0.3 is 20.9 Å². The van der Waals surface area contributed by atoms with E-state index < -0.39 is 52.6 Å². The lowest BCUT2D eigenvalue weighted by Crippen LogP contribution is -2.59. The highest BCUT2D eigenvalue weighted by atomic mass is 35.5. The van der Waals surface area contributed by atoms with E-state index in [2.05, 4.69) is 21.4 Å². The van der Waals surface area contributed by atoms with Gasteiger partial charge in [0.2, 0.25) is 23.5 Å². The van der Waals surface area contributed by atoms with Crippen LogP contribution in [0.25, 0.3) is 5.70 Å². The van der Waals surface area contributed by atoms with Crippen molar-refractivity contribution >= 4 is 46.7 Å². The maximum Gasteiger partial charge on any atom is 0.289 e. The van der Waals surface area contributed by atoms with E-state index in [9.17, 15) is 24.0 Å². The van der Waals surface area contributed by atoms with Crippen LogP contribution >= 0.6 is 11.6 Å². The van der Waals surface area contributed by atoms with Crippen molar-refractivity contribution in [1.29, 1.82) is 0 Å². The predicted octanol–water partition coefficient (Wildman–Crippen LogP) is 4.50. The van der Waals surface area contributed by atoms with Crippen molar-refractivity contribution in [1.82, 2.24) is 26.3 Å². The van der Waals surface area contributed by atoms with Crippen LogP contribution < -0.4 is 21.4 Å². The second-order valence-corrected chi connectivity index (χ2v) is 15.9. The van der Waals surface area contributed by atoms with Crippen LogP contribution in [0.5, 0.6) is 0 Å². The van der Waals surface area contributed by atoms with Gasteiger partial charge >= 0.3 is 0 Å². The Morgan fingerprint density at radius 3 is 2.41 bits per heavy atom. The molecule has 2 heterocycles. The highest BCUT2D eigenvalue weighted by Gasteiger charge is 2.54. The predicted molar refractivity (Wildman–Crippen MR) is 187 cm³/mol. The van der Waals surface area contributed by atoms with Gasteiger partial charge in [0.05, 0.1) is 18.3 Å². The number of rotatable bonds is 12. The van der Waals surface area contributed by atoms with Gasteiger partial charge in [0, 0.05) is 29.5 Å². The van der Waals surface area contributed by atoms with E-state index in [4.69, 9.17) is 16.4 Å². The third-order valence-electron chi connectivity index (χ3n) is 10.1. The summed E-state index contributed by atoms with van der Waals surface area (Å²) in [6.07, 6.45) is 10.2. The van der Waals surface area contributed by atoms with Gasteiger partial charge in [-0.25, -0.2) is 0 Å². The molecular formula is C37H52ClN5O6. The maximum atomic E-state index is 14.6. The SMILES string of the molecule is CCC[C@H](NC(=O)[C@@H]1C[C@]2(C=C(c3ccc(Cl)c(C)c3)NO2)CN1C(=O)[C@@H](NC(=O)CC1CCCCC1)C(C)(C)C)C(=O)C(=O)NC1CC1. The van der Waals surface area contributed by atoms with E-state index in [1.807, 2.05) is 52.8 Å². The number of nitrogens with zero attached hydrogens (tertiary/aromatic N) is 1. The van der Waals surface area contributed by atoms with Crippen LogP contribution in [0.2, 0.25) is 5.02 Å². The number of hydrogen-bond donors (Lipinski definition) is 4. The molecule has 0 radical (unpaired) electrons. The minimum atomic E-state index is -1.07. The number of amides is 4. The number of ketones is 1. The number of carbonyl (C=O) groups excluding carboxylic acids is 5. The summed E-state index contributed by atoms with van der Waals surface area (Å²) in [6, 6.07) is 2.61. The molecule has 0 bridgehead atoms.